The predicted molar refractivity (Wildman–Crippen MR) is 60.5 cm³/mol. The van der Waals surface area contributed by atoms with Crippen molar-refractivity contribution in [3.8, 4) is 0 Å². The van der Waals surface area contributed by atoms with Crippen molar-refractivity contribution in [2.45, 2.75) is 6.18 Å². The number of hydrogen-bond acceptors (Lipinski definition) is 2. The zero-order valence-electron chi connectivity index (χ0n) is 9.27. The minimum Gasteiger partial charge on any atom is -0.364 e. The zero-order chi connectivity index (χ0) is 13.8. The maximum absolute atomic E-state index is 12.4. The normalized spacial score (nSPS) is 11.2. The Bertz CT molecular complexity index is 438. The number of urea groups is 1. The highest BCUT2D eigenvalue weighted by atomic mass is 35.5. The van der Waals surface area contributed by atoms with Crippen LogP contribution in [0.3, 0.4) is 0 Å². The van der Waals surface area contributed by atoms with Crippen molar-refractivity contribution in [3.63, 3.8) is 0 Å². The number of methoxy groups -OCH3 is 1. The fraction of sp³-hybridized carbons (Fsp3) is 0.300. The van der Waals surface area contributed by atoms with Crippen molar-refractivity contribution in [1.82, 2.24) is 5.32 Å². The van der Waals surface area contributed by atoms with Crippen LogP contribution < -0.4 is 10.6 Å². The van der Waals surface area contributed by atoms with Gasteiger partial charge in [-0.1, -0.05) is 11.6 Å². The van der Waals surface area contributed by atoms with E-state index in [0.29, 0.717) is 0 Å². The van der Waals surface area contributed by atoms with Gasteiger partial charge in [0.1, 0.15) is 6.73 Å². The lowest BCUT2D eigenvalue weighted by Crippen LogP contribution is -2.30. The maximum atomic E-state index is 12.4. The quantitative estimate of drug-likeness (QED) is 0.837. The second kappa shape index (κ2) is 5.92. The molecular weight excluding hydrogens is 273 g/mol. The van der Waals surface area contributed by atoms with E-state index in [1.54, 1.807) is 0 Å². The fourth-order valence-corrected chi connectivity index (χ4v) is 1.27. The fourth-order valence-electron chi connectivity index (χ4n) is 1.10. The maximum Gasteiger partial charge on any atom is 0.416 e. The predicted octanol–water partition coefficient (Wildman–Crippen LogP) is 3.08. The molecular formula is C10H10ClF3N2O2. The topological polar surface area (TPSA) is 50.4 Å². The van der Waals surface area contributed by atoms with Crippen molar-refractivity contribution in [3.05, 3.63) is 28.8 Å². The van der Waals surface area contributed by atoms with Crippen LogP contribution in [0.1, 0.15) is 5.56 Å². The standard InChI is InChI=1S/C10H10ClF3N2O2/c1-18-5-15-9(17)16-8-4-6(10(12,13)14)2-3-7(8)11/h2-4H,5H2,1H3,(H2,15,16,17). The number of benzene rings is 1. The van der Waals surface area contributed by atoms with Gasteiger partial charge in [0.25, 0.3) is 0 Å². The molecule has 0 bridgehead atoms. The number of amides is 2. The van der Waals surface area contributed by atoms with E-state index in [-0.39, 0.29) is 17.4 Å². The third kappa shape index (κ3) is 4.08. The van der Waals surface area contributed by atoms with Gasteiger partial charge < -0.3 is 15.4 Å². The number of hydrogen-bond donors (Lipinski definition) is 2. The summed E-state index contributed by atoms with van der Waals surface area (Å²) in [6.45, 7) is -0.0670. The van der Waals surface area contributed by atoms with E-state index in [4.69, 9.17) is 11.6 Å². The molecule has 2 N–H and O–H groups in total. The van der Waals surface area contributed by atoms with Gasteiger partial charge in [0.05, 0.1) is 16.3 Å². The van der Waals surface area contributed by atoms with Crippen LogP contribution in [0, 0.1) is 0 Å². The van der Waals surface area contributed by atoms with Crippen molar-refractivity contribution in [2.75, 3.05) is 19.2 Å². The highest BCUT2D eigenvalue weighted by molar-refractivity contribution is 6.33. The van der Waals surface area contributed by atoms with Crippen LogP contribution in [0.15, 0.2) is 18.2 Å². The first kappa shape index (κ1) is 14.6. The van der Waals surface area contributed by atoms with E-state index in [2.05, 4.69) is 15.4 Å². The smallest absolute Gasteiger partial charge is 0.364 e. The average Bonchev–Trinajstić information content (AvgIpc) is 2.28. The molecule has 0 aliphatic heterocycles. The Labute approximate surface area is 106 Å². The van der Waals surface area contributed by atoms with E-state index in [1.165, 1.54) is 7.11 Å². The van der Waals surface area contributed by atoms with Crippen LogP contribution in [0.5, 0.6) is 0 Å². The molecule has 0 radical (unpaired) electrons. The summed E-state index contributed by atoms with van der Waals surface area (Å²) in [4.78, 5) is 11.2. The molecule has 2 amide bonds. The Morgan fingerprint density at radius 1 is 1.44 bits per heavy atom. The zero-order valence-corrected chi connectivity index (χ0v) is 10.0. The molecule has 0 atom stereocenters. The van der Waals surface area contributed by atoms with Gasteiger partial charge in [-0.25, -0.2) is 4.79 Å². The first-order valence-electron chi connectivity index (χ1n) is 4.75. The summed E-state index contributed by atoms with van der Waals surface area (Å²) in [5.41, 5.74) is -1.02. The van der Waals surface area contributed by atoms with Crippen LogP contribution in [-0.2, 0) is 10.9 Å². The number of alkyl halides is 3. The Morgan fingerprint density at radius 3 is 2.67 bits per heavy atom. The molecule has 1 aromatic rings. The molecule has 18 heavy (non-hydrogen) atoms. The monoisotopic (exact) mass is 282 g/mol. The van der Waals surface area contributed by atoms with Crippen LogP contribution in [0.4, 0.5) is 23.7 Å². The van der Waals surface area contributed by atoms with Gasteiger partial charge in [-0.15, -0.1) is 0 Å². The van der Waals surface area contributed by atoms with E-state index < -0.39 is 17.8 Å². The lowest BCUT2D eigenvalue weighted by atomic mass is 10.2. The molecule has 1 rings (SSSR count). The molecule has 1 aromatic carbocycles. The molecule has 0 spiro atoms. The third-order valence-corrected chi connectivity index (χ3v) is 2.25. The minimum absolute atomic E-state index is 0.00978. The molecule has 0 saturated carbocycles. The van der Waals surface area contributed by atoms with Gasteiger partial charge in [0, 0.05) is 7.11 Å². The molecule has 0 heterocycles. The van der Waals surface area contributed by atoms with Gasteiger partial charge in [-0.2, -0.15) is 13.2 Å². The largest absolute Gasteiger partial charge is 0.416 e. The summed E-state index contributed by atoms with van der Waals surface area (Å²) in [5.74, 6) is 0. The van der Waals surface area contributed by atoms with Crippen molar-refractivity contribution in [2.24, 2.45) is 0 Å². The van der Waals surface area contributed by atoms with E-state index in [1.807, 2.05) is 0 Å². The van der Waals surface area contributed by atoms with Crippen LogP contribution in [-0.4, -0.2) is 19.9 Å². The molecule has 0 aliphatic carbocycles. The third-order valence-electron chi connectivity index (χ3n) is 1.92. The SMILES string of the molecule is COCNC(=O)Nc1cc(C(F)(F)F)ccc1Cl. The van der Waals surface area contributed by atoms with Gasteiger partial charge in [0.15, 0.2) is 0 Å². The number of carbonyl (C=O) groups is 1. The Balaban J connectivity index is 2.85. The number of ether oxygens (including phenoxy) is 1. The second-order valence-corrected chi connectivity index (χ2v) is 3.66. The molecule has 8 heteroatoms. The molecule has 4 nitrogen and oxygen atoms in total. The number of carbonyl (C=O) groups excluding carboxylic acids is 1. The van der Waals surface area contributed by atoms with Gasteiger partial charge in [-0.05, 0) is 18.2 Å². The average molecular weight is 283 g/mol. The molecule has 0 fully saturated rings. The van der Waals surface area contributed by atoms with Crippen molar-refractivity contribution >= 4 is 23.3 Å². The Kier molecular flexibility index (Phi) is 4.80. The lowest BCUT2D eigenvalue weighted by Gasteiger charge is -2.12. The van der Waals surface area contributed by atoms with E-state index in [9.17, 15) is 18.0 Å². The summed E-state index contributed by atoms with van der Waals surface area (Å²) in [7, 11) is 1.36. The summed E-state index contributed by atoms with van der Waals surface area (Å²) in [6.07, 6.45) is -4.50. The van der Waals surface area contributed by atoms with Crippen LogP contribution >= 0.6 is 11.6 Å². The Morgan fingerprint density at radius 2 is 2.11 bits per heavy atom. The number of anilines is 1. The molecule has 0 aromatic heterocycles. The summed E-state index contributed by atoms with van der Waals surface area (Å²) >= 11 is 5.68. The molecule has 100 valence electrons. The van der Waals surface area contributed by atoms with Crippen molar-refractivity contribution in [1.29, 1.82) is 0 Å². The molecule has 0 aliphatic rings. The lowest BCUT2D eigenvalue weighted by molar-refractivity contribution is -0.137. The first-order valence-corrected chi connectivity index (χ1v) is 5.13. The van der Waals surface area contributed by atoms with Crippen molar-refractivity contribution < 1.29 is 22.7 Å². The summed E-state index contributed by atoms with van der Waals surface area (Å²) in [6, 6.07) is 1.95. The first-order chi connectivity index (χ1) is 8.34. The van der Waals surface area contributed by atoms with Gasteiger partial charge in [0.2, 0.25) is 0 Å². The van der Waals surface area contributed by atoms with Gasteiger partial charge >= 0.3 is 12.2 Å². The van der Waals surface area contributed by atoms with Gasteiger partial charge in [-0.3, -0.25) is 0 Å². The van der Waals surface area contributed by atoms with Crippen LogP contribution in [0.25, 0.3) is 0 Å². The summed E-state index contributed by atoms with van der Waals surface area (Å²) in [5, 5.41) is 4.46. The number of nitrogens with one attached hydrogen (secondary N) is 2. The minimum atomic E-state index is -4.50. The highest BCUT2D eigenvalue weighted by Crippen LogP contribution is 2.33. The molecule has 0 unspecified atom stereocenters. The summed E-state index contributed by atoms with van der Waals surface area (Å²) < 4.78 is 41.9. The second-order valence-electron chi connectivity index (χ2n) is 3.26. The Hall–Kier alpha value is -1.47. The molecule has 0 saturated heterocycles. The van der Waals surface area contributed by atoms with E-state index >= 15 is 0 Å². The number of halogens is 4. The highest BCUT2D eigenvalue weighted by Gasteiger charge is 2.31. The van der Waals surface area contributed by atoms with Crippen LogP contribution in [0.2, 0.25) is 5.02 Å². The van der Waals surface area contributed by atoms with E-state index in [0.717, 1.165) is 18.2 Å². The number of rotatable bonds is 3.